The second kappa shape index (κ2) is 5.86. The number of carbonyl (C=O) groups excluding carboxylic acids is 2. The molecule has 0 saturated heterocycles. The maximum Gasteiger partial charge on any atom is 0.254 e. The van der Waals surface area contributed by atoms with Crippen molar-refractivity contribution in [3.63, 3.8) is 0 Å². The molecule has 1 N–H and O–H groups in total. The number of rotatable bonds is 3. The van der Waals surface area contributed by atoms with E-state index in [-0.39, 0.29) is 24.1 Å². The number of amides is 2. The van der Waals surface area contributed by atoms with E-state index in [2.05, 4.69) is 15.9 Å². The van der Waals surface area contributed by atoms with Gasteiger partial charge in [0.05, 0.1) is 11.0 Å². The molecule has 0 bridgehead atoms. The van der Waals surface area contributed by atoms with Crippen molar-refractivity contribution in [2.75, 3.05) is 27.7 Å². The van der Waals surface area contributed by atoms with Crippen LogP contribution in [-0.2, 0) is 4.79 Å². The number of nitrogens with zero attached hydrogens (tertiary/aromatic N) is 2. The Morgan fingerprint density at radius 2 is 1.89 bits per heavy atom. The first-order valence-corrected chi connectivity index (χ1v) is 6.06. The van der Waals surface area contributed by atoms with Crippen molar-refractivity contribution >= 4 is 27.7 Å². The summed E-state index contributed by atoms with van der Waals surface area (Å²) in [5.74, 6) is -0.478. The van der Waals surface area contributed by atoms with Gasteiger partial charge in [-0.1, -0.05) is 0 Å². The molecule has 0 radical (unpaired) electrons. The first-order chi connectivity index (χ1) is 8.32. The highest BCUT2D eigenvalue weighted by Gasteiger charge is 2.16. The molecule has 0 aliphatic carbocycles. The van der Waals surface area contributed by atoms with E-state index < -0.39 is 0 Å². The highest BCUT2D eigenvalue weighted by molar-refractivity contribution is 9.10. The van der Waals surface area contributed by atoms with Crippen LogP contribution in [0.4, 0.5) is 0 Å². The third kappa shape index (κ3) is 3.46. The van der Waals surface area contributed by atoms with Gasteiger partial charge < -0.3 is 14.9 Å². The van der Waals surface area contributed by atoms with Gasteiger partial charge in [0.1, 0.15) is 5.75 Å². The number of carbonyl (C=O) groups is 2. The summed E-state index contributed by atoms with van der Waals surface area (Å²) in [4.78, 5) is 26.2. The van der Waals surface area contributed by atoms with Crippen molar-refractivity contribution in [1.82, 2.24) is 9.80 Å². The van der Waals surface area contributed by atoms with Gasteiger partial charge in [0.15, 0.2) is 0 Å². The van der Waals surface area contributed by atoms with E-state index in [1.54, 1.807) is 33.3 Å². The number of hydrogen-bond acceptors (Lipinski definition) is 3. The van der Waals surface area contributed by atoms with Gasteiger partial charge in [-0.3, -0.25) is 9.59 Å². The Balaban J connectivity index is 2.80. The van der Waals surface area contributed by atoms with Gasteiger partial charge >= 0.3 is 0 Å². The summed E-state index contributed by atoms with van der Waals surface area (Å²) >= 11 is 3.14. The minimum absolute atomic E-state index is 0.00264. The number of aromatic hydroxyl groups is 1. The van der Waals surface area contributed by atoms with Crippen molar-refractivity contribution in [2.24, 2.45) is 0 Å². The summed E-state index contributed by atoms with van der Waals surface area (Å²) in [5, 5.41) is 9.51. The van der Waals surface area contributed by atoms with Gasteiger partial charge in [0, 0.05) is 26.7 Å². The molecule has 18 heavy (non-hydrogen) atoms. The van der Waals surface area contributed by atoms with Crippen LogP contribution in [0.2, 0.25) is 0 Å². The largest absolute Gasteiger partial charge is 0.507 e. The fraction of sp³-hybridized carbons (Fsp3) is 0.333. The lowest BCUT2D eigenvalue weighted by Gasteiger charge is -2.19. The zero-order valence-corrected chi connectivity index (χ0v) is 12.1. The van der Waals surface area contributed by atoms with E-state index in [4.69, 9.17) is 0 Å². The second-order valence-corrected chi connectivity index (χ2v) is 4.97. The Morgan fingerprint density at radius 3 is 2.39 bits per heavy atom. The van der Waals surface area contributed by atoms with Gasteiger partial charge in [-0.25, -0.2) is 0 Å². The summed E-state index contributed by atoms with van der Waals surface area (Å²) in [6.07, 6.45) is 0. The van der Waals surface area contributed by atoms with Crippen LogP contribution in [0.5, 0.6) is 5.75 Å². The lowest BCUT2D eigenvalue weighted by atomic mass is 10.2. The molecule has 0 heterocycles. The average molecular weight is 315 g/mol. The molecular weight excluding hydrogens is 300 g/mol. The molecule has 98 valence electrons. The summed E-state index contributed by atoms with van der Waals surface area (Å²) in [7, 11) is 4.81. The van der Waals surface area contributed by atoms with Gasteiger partial charge in [-0.05, 0) is 34.1 Å². The predicted molar refractivity (Wildman–Crippen MR) is 71.5 cm³/mol. The highest BCUT2D eigenvalue weighted by Crippen LogP contribution is 2.24. The van der Waals surface area contributed by atoms with E-state index in [0.717, 1.165) is 0 Å². The van der Waals surface area contributed by atoms with Crippen LogP contribution in [0.1, 0.15) is 10.4 Å². The molecule has 0 atom stereocenters. The minimum Gasteiger partial charge on any atom is -0.507 e. The first-order valence-electron chi connectivity index (χ1n) is 5.27. The first kappa shape index (κ1) is 14.5. The number of hydrogen-bond donors (Lipinski definition) is 1. The highest BCUT2D eigenvalue weighted by atomic mass is 79.9. The standard InChI is InChI=1S/C12H15BrN2O3/c1-14(2)11(17)7-15(3)12(18)8-4-5-9(13)10(16)6-8/h4-6,16H,7H2,1-3H3. The molecule has 6 heteroatoms. The number of phenols is 1. The van der Waals surface area contributed by atoms with Gasteiger partial charge in [0.25, 0.3) is 5.91 Å². The molecule has 1 aromatic carbocycles. The summed E-state index contributed by atoms with van der Waals surface area (Å²) in [5.41, 5.74) is 0.338. The number of benzene rings is 1. The second-order valence-electron chi connectivity index (χ2n) is 4.12. The number of likely N-dealkylation sites (N-methyl/N-ethyl adjacent to an activating group) is 2. The number of phenolic OH excluding ortho intramolecular Hbond substituents is 1. The van der Waals surface area contributed by atoms with E-state index in [1.165, 1.54) is 15.9 Å². The molecule has 0 aliphatic rings. The molecule has 2 amide bonds. The SMILES string of the molecule is CN(C)C(=O)CN(C)C(=O)c1ccc(Br)c(O)c1. The van der Waals surface area contributed by atoms with Crippen LogP contribution >= 0.6 is 15.9 Å². The van der Waals surface area contributed by atoms with Gasteiger partial charge in [-0.15, -0.1) is 0 Å². The molecule has 0 fully saturated rings. The van der Waals surface area contributed by atoms with E-state index >= 15 is 0 Å². The number of halogens is 1. The summed E-state index contributed by atoms with van der Waals surface area (Å²) in [6.45, 7) is 0.00264. The van der Waals surface area contributed by atoms with Gasteiger partial charge in [0.2, 0.25) is 5.91 Å². The quantitative estimate of drug-likeness (QED) is 0.915. The molecular formula is C12H15BrN2O3. The lowest BCUT2D eigenvalue weighted by molar-refractivity contribution is -0.129. The van der Waals surface area contributed by atoms with E-state index in [9.17, 15) is 14.7 Å². The normalized spacial score (nSPS) is 10.0. The van der Waals surface area contributed by atoms with E-state index in [1.807, 2.05) is 0 Å². The monoisotopic (exact) mass is 314 g/mol. The summed E-state index contributed by atoms with van der Waals surface area (Å²) < 4.78 is 0.520. The third-order valence-electron chi connectivity index (χ3n) is 2.41. The average Bonchev–Trinajstić information content (AvgIpc) is 2.31. The molecule has 0 spiro atoms. The van der Waals surface area contributed by atoms with Crippen molar-refractivity contribution in [2.45, 2.75) is 0 Å². The molecule has 0 aliphatic heterocycles. The molecule has 1 aromatic rings. The van der Waals surface area contributed by atoms with Crippen molar-refractivity contribution in [3.8, 4) is 5.75 Å². The Morgan fingerprint density at radius 1 is 1.28 bits per heavy atom. The maximum atomic E-state index is 12.0. The minimum atomic E-state index is -0.312. The van der Waals surface area contributed by atoms with Crippen molar-refractivity contribution in [1.29, 1.82) is 0 Å². The Bertz CT molecular complexity index is 474. The molecule has 1 rings (SSSR count). The fourth-order valence-corrected chi connectivity index (χ4v) is 1.53. The van der Waals surface area contributed by atoms with Crippen LogP contribution in [0.25, 0.3) is 0 Å². The Labute approximate surface area is 114 Å². The lowest BCUT2D eigenvalue weighted by Crippen LogP contribution is -2.37. The van der Waals surface area contributed by atoms with Crippen molar-refractivity contribution in [3.05, 3.63) is 28.2 Å². The smallest absolute Gasteiger partial charge is 0.254 e. The summed E-state index contributed by atoms with van der Waals surface area (Å²) in [6, 6.07) is 4.54. The Kier molecular flexibility index (Phi) is 4.72. The maximum absolute atomic E-state index is 12.0. The predicted octanol–water partition coefficient (Wildman–Crippen LogP) is 1.31. The van der Waals surface area contributed by atoms with E-state index in [0.29, 0.717) is 10.0 Å². The molecule has 0 aromatic heterocycles. The van der Waals surface area contributed by atoms with Crippen molar-refractivity contribution < 1.29 is 14.7 Å². The Hall–Kier alpha value is -1.56. The molecule has 5 nitrogen and oxygen atoms in total. The third-order valence-corrected chi connectivity index (χ3v) is 3.08. The zero-order valence-electron chi connectivity index (χ0n) is 10.5. The fourth-order valence-electron chi connectivity index (χ4n) is 1.28. The van der Waals surface area contributed by atoms with Crippen LogP contribution in [0.15, 0.2) is 22.7 Å². The molecule has 0 saturated carbocycles. The molecule has 0 unspecified atom stereocenters. The van der Waals surface area contributed by atoms with Crippen LogP contribution in [0, 0.1) is 0 Å². The van der Waals surface area contributed by atoms with Crippen LogP contribution < -0.4 is 0 Å². The van der Waals surface area contributed by atoms with Crippen LogP contribution in [0.3, 0.4) is 0 Å². The van der Waals surface area contributed by atoms with Crippen LogP contribution in [-0.4, -0.2) is 54.4 Å². The van der Waals surface area contributed by atoms with Gasteiger partial charge in [-0.2, -0.15) is 0 Å². The topological polar surface area (TPSA) is 60.9 Å². The zero-order chi connectivity index (χ0) is 13.9.